The maximum atomic E-state index is 13.3. The van der Waals surface area contributed by atoms with E-state index in [0.29, 0.717) is 30.5 Å². The van der Waals surface area contributed by atoms with Crippen LogP contribution >= 0.6 is 0 Å². The SMILES string of the molecule is CCCCCCCCN1C(=O)C2=C(C1=O)[As](C)C1=C(C(=O)N(CCCCCCCC)C1=O)[As]2C. The van der Waals surface area contributed by atoms with E-state index in [0.717, 1.165) is 38.5 Å². The van der Waals surface area contributed by atoms with Gasteiger partial charge in [0.25, 0.3) is 0 Å². The Hall–Kier alpha value is -1.12. The number of nitrogens with zero attached hydrogens (tertiary/aromatic N) is 2. The van der Waals surface area contributed by atoms with Crippen molar-refractivity contribution < 1.29 is 19.2 Å². The number of amides is 4. The van der Waals surface area contributed by atoms with Gasteiger partial charge in [-0.15, -0.1) is 0 Å². The Labute approximate surface area is 214 Å². The average molecular weight is 594 g/mol. The summed E-state index contributed by atoms with van der Waals surface area (Å²) in [5.41, 5.74) is 3.94. The minimum atomic E-state index is -2.25. The second-order valence-corrected chi connectivity index (χ2v) is 18.0. The zero-order chi connectivity index (χ0) is 24.8. The summed E-state index contributed by atoms with van der Waals surface area (Å²) in [5, 5.41) is 0. The van der Waals surface area contributed by atoms with E-state index >= 15 is 0 Å². The van der Waals surface area contributed by atoms with E-state index in [2.05, 4.69) is 13.8 Å². The van der Waals surface area contributed by atoms with Crippen molar-refractivity contribution in [2.24, 2.45) is 0 Å². The molecule has 188 valence electrons. The molecule has 0 N–H and O–H groups in total. The van der Waals surface area contributed by atoms with Crippen LogP contribution in [0.1, 0.15) is 90.9 Å². The minimum absolute atomic E-state index is 0.168. The van der Waals surface area contributed by atoms with Gasteiger partial charge in [-0.1, -0.05) is 0 Å². The summed E-state index contributed by atoms with van der Waals surface area (Å²) in [7, 11) is 0. The van der Waals surface area contributed by atoms with Crippen LogP contribution in [0.5, 0.6) is 0 Å². The Morgan fingerprint density at radius 2 is 0.735 bits per heavy atom. The molecule has 0 fully saturated rings. The van der Waals surface area contributed by atoms with Crippen LogP contribution in [0.15, 0.2) is 17.4 Å². The van der Waals surface area contributed by atoms with E-state index in [1.54, 1.807) is 0 Å². The summed E-state index contributed by atoms with van der Waals surface area (Å²) in [5.74, 6) is -0.672. The first-order valence-corrected chi connectivity index (χ1v) is 20.6. The monoisotopic (exact) mass is 594 g/mol. The van der Waals surface area contributed by atoms with Crippen LogP contribution in [0.4, 0.5) is 0 Å². The summed E-state index contributed by atoms with van der Waals surface area (Å²) < 4.78 is 2.58. The van der Waals surface area contributed by atoms with E-state index in [1.807, 2.05) is 11.4 Å². The van der Waals surface area contributed by atoms with E-state index in [-0.39, 0.29) is 23.6 Å². The summed E-state index contributed by atoms with van der Waals surface area (Å²) >= 11 is -4.50. The molecule has 3 aliphatic heterocycles. The molecule has 0 aromatic heterocycles. The van der Waals surface area contributed by atoms with Crippen LogP contribution in [-0.4, -0.2) is 75.8 Å². The normalized spacial score (nSPS) is 22.5. The van der Waals surface area contributed by atoms with E-state index in [9.17, 15) is 19.2 Å². The predicted molar refractivity (Wildman–Crippen MR) is 137 cm³/mol. The second kappa shape index (κ2) is 12.7. The average Bonchev–Trinajstić information content (AvgIpc) is 3.22. The van der Waals surface area contributed by atoms with Crippen molar-refractivity contribution in [1.82, 2.24) is 9.80 Å². The van der Waals surface area contributed by atoms with Crippen molar-refractivity contribution in [2.75, 3.05) is 13.1 Å². The van der Waals surface area contributed by atoms with Gasteiger partial charge in [-0.2, -0.15) is 0 Å². The first kappa shape index (κ1) is 27.5. The molecule has 0 aliphatic carbocycles. The van der Waals surface area contributed by atoms with Gasteiger partial charge in [-0.25, -0.2) is 0 Å². The molecule has 0 atom stereocenters. The second-order valence-electron chi connectivity index (χ2n) is 9.57. The Morgan fingerprint density at radius 1 is 0.471 bits per heavy atom. The molecule has 3 rings (SSSR count). The van der Waals surface area contributed by atoms with Gasteiger partial charge in [0.1, 0.15) is 0 Å². The van der Waals surface area contributed by atoms with Crippen LogP contribution in [0.3, 0.4) is 0 Å². The van der Waals surface area contributed by atoms with E-state index in [4.69, 9.17) is 0 Å². The molecule has 8 heteroatoms. The van der Waals surface area contributed by atoms with Crippen molar-refractivity contribution in [3.8, 4) is 0 Å². The fourth-order valence-corrected chi connectivity index (χ4v) is 19.4. The van der Waals surface area contributed by atoms with Crippen LogP contribution in [0.2, 0.25) is 11.4 Å². The predicted octanol–water partition coefficient (Wildman–Crippen LogP) is 4.46. The number of carbonyl (C=O) groups excluding carboxylic acids is 4. The number of hydrogen-bond acceptors (Lipinski definition) is 4. The van der Waals surface area contributed by atoms with Crippen molar-refractivity contribution in [3.63, 3.8) is 0 Å². The molecule has 0 aromatic carbocycles. The number of unbranched alkanes of at least 4 members (excludes halogenated alkanes) is 10. The molecule has 4 amide bonds. The van der Waals surface area contributed by atoms with E-state index in [1.165, 1.54) is 48.3 Å². The molecule has 0 spiro atoms. The zero-order valence-corrected chi connectivity index (χ0v) is 25.1. The van der Waals surface area contributed by atoms with Gasteiger partial charge in [0.2, 0.25) is 0 Å². The van der Waals surface area contributed by atoms with Gasteiger partial charge in [-0.3, -0.25) is 0 Å². The third-order valence-electron chi connectivity index (χ3n) is 7.05. The molecule has 3 aliphatic rings. The van der Waals surface area contributed by atoms with Crippen molar-refractivity contribution in [1.29, 1.82) is 0 Å². The van der Waals surface area contributed by atoms with Crippen LogP contribution < -0.4 is 0 Å². The Kier molecular flexibility index (Phi) is 10.3. The molecule has 0 aromatic rings. The van der Waals surface area contributed by atoms with Crippen LogP contribution in [-0.2, 0) is 19.2 Å². The van der Waals surface area contributed by atoms with Crippen molar-refractivity contribution >= 4 is 52.9 Å². The number of hydrogen-bond donors (Lipinski definition) is 0. The third-order valence-corrected chi connectivity index (χ3v) is 17.8. The van der Waals surface area contributed by atoms with Gasteiger partial charge >= 0.3 is 215 Å². The number of carbonyl (C=O) groups is 4. The number of rotatable bonds is 14. The molecule has 0 saturated heterocycles. The summed E-state index contributed by atoms with van der Waals surface area (Å²) in [6, 6.07) is 0. The van der Waals surface area contributed by atoms with Gasteiger partial charge in [0.15, 0.2) is 0 Å². The summed E-state index contributed by atoms with van der Waals surface area (Å²) in [6.07, 6.45) is 13.1. The van der Waals surface area contributed by atoms with Crippen molar-refractivity contribution in [3.05, 3.63) is 17.4 Å². The van der Waals surface area contributed by atoms with Gasteiger partial charge < -0.3 is 0 Å². The molecule has 34 heavy (non-hydrogen) atoms. The Bertz CT molecular complexity index is 771. The zero-order valence-electron chi connectivity index (χ0n) is 21.3. The summed E-state index contributed by atoms with van der Waals surface area (Å²) in [4.78, 5) is 56.1. The van der Waals surface area contributed by atoms with Gasteiger partial charge in [0, 0.05) is 0 Å². The quantitative estimate of drug-likeness (QED) is 0.169. The molecule has 0 unspecified atom stereocenters. The topological polar surface area (TPSA) is 74.8 Å². The Morgan fingerprint density at radius 3 is 1.03 bits per heavy atom. The molecular weight excluding hydrogens is 554 g/mol. The molecule has 0 bridgehead atoms. The number of imide groups is 2. The van der Waals surface area contributed by atoms with Crippen LogP contribution in [0.25, 0.3) is 0 Å². The molecule has 0 radical (unpaired) electrons. The third kappa shape index (κ3) is 5.49. The standard InChI is InChI=1S/C26H40As2N2O4/c1-5-7-9-11-13-15-17-29-23(31)19-20(24(29)32)28(4)22-21(27(19)3)25(33)30(26(22)34)18-16-14-12-10-8-6-2/h5-18H2,1-4H3. The van der Waals surface area contributed by atoms with Gasteiger partial charge in [0.05, 0.1) is 0 Å². The molecule has 6 nitrogen and oxygen atoms in total. The first-order valence-electron chi connectivity index (χ1n) is 13.0. The molecule has 0 saturated carbocycles. The molecular formula is C26H40As2N2O4. The molecule has 3 heterocycles. The van der Waals surface area contributed by atoms with Crippen LogP contribution in [0, 0.1) is 0 Å². The fraction of sp³-hybridized carbons (Fsp3) is 0.692. The summed E-state index contributed by atoms with van der Waals surface area (Å²) in [6.45, 7) is 5.28. The first-order chi connectivity index (χ1) is 16.4. The van der Waals surface area contributed by atoms with Gasteiger partial charge in [-0.05, 0) is 0 Å². The Balaban J connectivity index is 1.64. The maximum absolute atomic E-state index is 13.3. The van der Waals surface area contributed by atoms with Crippen molar-refractivity contribution in [2.45, 2.75) is 102 Å². The fourth-order valence-electron chi connectivity index (χ4n) is 5.04. The van der Waals surface area contributed by atoms with E-state index < -0.39 is 29.3 Å².